The fraction of sp³-hybridized carbons (Fsp3) is 0.250. The van der Waals surface area contributed by atoms with E-state index in [-0.39, 0.29) is 11.6 Å². The molecule has 0 spiro atoms. The molecular weight excluding hydrogens is 241 g/mol. The van der Waals surface area contributed by atoms with Crippen LogP contribution in [0.3, 0.4) is 0 Å². The molecule has 0 saturated heterocycles. The van der Waals surface area contributed by atoms with Gasteiger partial charge in [0.1, 0.15) is 5.75 Å². The fourth-order valence-corrected chi connectivity index (χ4v) is 1.77. The molecule has 0 aromatic heterocycles. The topological polar surface area (TPSA) is 21.3 Å². The number of benzene rings is 2. The molecule has 0 radical (unpaired) electrons. The van der Waals surface area contributed by atoms with Crippen LogP contribution < -0.4 is 10.1 Å². The third kappa shape index (κ3) is 3.55. The van der Waals surface area contributed by atoms with E-state index in [1.807, 2.05) is 24.3 Å². The minimum Gasteiger partial charge on any atom is -0.454 e. The Labute approximate surface area is 113 Å². The van der Waals surface area contributed by atoms with Gasteiger partial charge in [-0.3, -0.25) is 0 Å². The minimum atomic E-state index is -0.306. The summed E-state index contributed by atoms with van der Waals surface area (Å²) < 4.78 is 19.4. The molecule has 0 saturated carbocycles. The summed E-state index contributed by atoms with van der Waals surface area (Å²) in [5.41, 5.74) is 1.76. The van der Waals surface area contributed by atoms with Crippen LogP contribution in [0.5, 0.6) is 11.5 Å². The van der Waals surface area contributed by atoms with Gasteiger partial charge in [-0.15, -0.1) is 0 Å². The van der Waals surface area contributed by atoms with Crippen molar-refractivity contribution in [3.63, 3.8) is 0 Å². The maximum Gasteiger partial charge on any atom is 0.168 e. The van der Waals surface area contributed by atoms with Crippen molar-refractivity contribution >= 4 is 0 Å². The summed E-state index contributed by atoms with van der Waals surface area (Å²) in [6.45, 7) is 5.56. The van der Waals surface area contributed by atoms with Crippen LogP contribution in [0.15, 0.2) is 42.5 Å². The number of aryl methyl sites for hydroxylation is 1. The highest BCUT2D eigenvalue weighted by molar-refractivity contribution is 5.36. The van der Waals surface area contributed by atoms with Crippen molar-refractivity contribution in [1.29, 1.82) is 0 Å². The van der Waals surface area contributed by atoms with Crippen molar-refractivity contribution in [3.05, 3.63) is 59.4 Å². The molecule has 1 N–H and O–H groups in total. The van der Waals surface area contributed by atoms with Gasteiger partial charge in [0.2, 0.25) is 0 Å². The largest absolute Gasteiger partial charge is 0.454 e. The molecule has 3 heteroatoms. The van der Waals surface area contributed by atoms with Gasteiger partial charge in [0.25, 0.3) is 0 Å². The Morgan fingerprint density at radius 1 is 1.11 bits per heavy atom. The molecule has 0 aliphatic carbocycles. The van der Waals surface area contributed by atoms with E-state index < -0.39 is 0 Å². The average Bonchev–Trinajstić information content (AvgIpc) is 2.43. The lowest BCUT2D eigenvalue weighted by Gasteiger charge is -2.09. The molecule has 2 aromatic carbocycles. The number of hydrogen-bond acceptors (Lipinski definition) is 2. The molecule has 0 amide bonds. The normalized spacial score (nSPS) is 10.5. The first kappa shape index (κ1) is 13.6. The number of nitrogens with one attached hydrogen (secondary N) is 1. The zero-order valence-electron chi connectivity index (χ0n) is 11.2. The van der Waals surface area contributed by atoms with Crippen LogP contribution in [0.2, 0.25) is 0 Å². The Hall–Kier alpha value is -1.87. The minimum absolute atomic E-state index is 0.263. The quantitative estimate of drug-likeness (QED) is 0.875. The van der Waals surface area contributed by atoms with E-state index in [0.29, 0.717) is 11.3 Å². The van der Waals surface area contributed by atoms with Crippen LogP contribution in [0.25, 0.3) is 0 Å². The van der Waals surface area contributed by atoms with E-state index in [1.165, 1.54) is 5.56 Å². The number of rotatable bonds is 5. The molecule has 0 atom stereocenters. The predicted octanol–water partition coefficient (Wildman–Crippen LogP) is 4.04. The standard InChI is InChI=1S/C16H18FNO/c1-3-18-11-13-7-9-14(10-8-13)19-15-6-4-5-12(2)16(15)17/h4-10,18H,3,11H2,1-2H3. The van der Waals surface area contributed by atoms with Gasteiger partial charge in [0, 0.05) is 6.54 Å². The second-order valence-corrected chi connectivity index (χ2v) is 4.41. The molecule has 0 heterocycles. The van der Waals surface area contributed by atoms with Crippen LogP contribution in [-0.4, -0.2) is 6.54 Å². The smallest absolute Gasteiger partial charge is 0.168 e. The second kappa shape index (κ2) is 6.34. The van der Waals surface area contributed by atoms with Crippen molar-refractivity contribution in [3.8, 4) is 11.5 Å². The van der Waals surface area contributed by atoms with Crippen LogP contribution in [0.4, 0.5) is 4.39 Å². The Kier molecular flexibility index (Phi) is 4.53. The number of hydrogen-bond donors (Lipinski definition) is 1. The van der Waals surface area contributed by atoms with E-state index in [4.69, 9.17) is 4.74 Å². The van der Waals surface area contributed by atoms with Crippen molar-refractivity contribution in [1.82, 2.24) is 5.32 Å². The van der Waals surface area contributed by atoms with E-state index in [2.05, 4.69) is 12.2 Å². The van der Waals surface area contributed by atoms with Gasteiger partial charge in [-0.05, 0) is 42.8 Å². The Bertz CT molecular complexity index is 537. The highest BCUT2D eigenvalue weighted by atomic mass is 19.1. The third-order valence-corrected chi connectivity index (χ3v) is 2.89. The van der Waals surface area contributed by atoms with Gasteiger partial charge in [-0.2, -0.15) is 0 Å². The van der Waals surface area contributed by atoms with E-state index >= 15 is 0 Å². The van der Waals surface area contributed by atoms with Crippen molar-refractivity contribution < 1.29 is 9.13 Å². The van der Waals surface area contributed by atoms with Gasteiger partial charge in [0.05, 0.1) is 0 Å². The molecule has 0 aliphatic rings. The summed E-state index contributed by atoms with van der Waals surface area (Å²) in [6.07, 6.45) is 0. The van der Waals surface area contributed by atoms with Gasteiger partial charge in [-0.1, -0.05) is 31.2 Å². The molecule has 0 bridgehead atoms. The highest BCUT2D eigenvalue weighted by Gasteiger charge is 2.06. The van der Waals surface area contributed by atoms with E-state index in [1.54, 1.807) is 25.1 Å². The second-order valence-electron chi connectivity index (χ2n) is 4.41. The lowest BCUT2D eigenvalue weighted by molar-refractivity contribution is 0.440. The summed E-state index contributed by atoms with van der Waals surface area (Å²) in [7, 11) is 0. The number of ether oxygens (including phenoxy) is 1. The van der Waals surface area contributed by atoms with Gasteiger partial charge in [0.15, 0.2) is 11.6 Å². The van der Waals surface area contributed by atoms with Crippen molar-refractivity contribution in [2.75, 3.05) is 6.54 Å². The van der Waals surface area contributed by atoms with Crippen molar-refractivity contribution in [2.24, 2.45) is 0 Å². The molecule has 100 valence electrons. The molecule has 0 aliphatic heterocycles. The lowest BCUT2D eigenvalue weighted by Crippen LogP contribution is -2.11. The van der Waals surface area contributed by atoms with Crippen LogP contribution >= 0.6 is 0 Å². The first-order valence-corrected chi connectivity index (χ1v) is 6.43. The zero-order valence-corrected chi connectivity index (χ0v) is 11.2. The van der Waals surface area contributed by atoms with Crippen LogP contribution in [0, 0.1) is 12.7 Å². The summed E-state index contributed by atoms with van der Waals surface area (Å²) in [4.78, 5) is 0. The van der Waals surface area contributed by atoms with Gasteiger partial charge >= 0.3 is 0 Å². The van der Waals surface area contributed by atoms with Crippen molar-refractivity contribution in [2.45, 2.75) is 20.4 Å². The molecule has 2 rings (SSSR count). The van der Waals surface area contributed by atoms with Crippen LogP contribution in [-0.2, 0) is 6.54 Å². The molecular formula is C16H18FNO. The molecule has 0 unspecified atom stereocenters. The third-order valence-electron chi connectivity index (χ3n) is 2.89. The molecule has 2 nitrogen and oxygen atoms in total. The highest BCUT2D eigenvalue weighted by Crippen LogP contribution is 2.26. The van der Waals surface area contributed by atoms with Gasteiger partial charge < -0.3 is 10.1 Å². The fourth-order valence-electron chi connectivity index (χ4n) is 1.77. The van der Waals surface area contributed by atoms with E-state index in [9.17, 15) is 4.39 Å². The SMILES string of the molecule is CCNCc1ccc(Oc2cccc(C)c2F)cc1. The summed E-state index contributed by atoms with van der Waals surface area (Å²) >= 11 is 0. The molecule has 19 heavy (non-hydrogen) atoms. The summed E-state index contributed by atoms with van der Waals surface area (Å²) in [6, 6.07) is 12.8. The Morgan fingerprint density at radius 2 is 1.84 bits per heavy atom. The maximum absolute atomic E-state index is 13.8. The Morgan fingerprint density at radius 3 is 2.53 bits per heavy atom. The Balaban J connectivity index is 2.09. The van der Waals surface area contributed by atoms with E-state index in [0.717, 1.165) is 13.1 Å². The first-order valence-electron chi connectivity index (χ1n) is 6.43. The summed E-state index contributed by atoms with van der Waals surface area (Å²) in [5, 5.41) is 3.25. The average molecular weight is 259 g/mol. The zero-order chi connectivity index (χ0) is 13.7. The number of halogens is 1. The summed E-state index contributed by atoms with van der Waals surface area (Å²) in [5.74, 6) is 0.600. The predicted molar refractivity (Wildman–Crippen MR) is 75.0 cm³/mol. The molecule has 2 aromatic rings. The monoisotopic (exact) mass is 259 g/mol. The first-order chi connectivity index (χ1) is 9.20. The maximum atomic E-state index is 13.8. The molecule has 0 fully saturated rings. The van der Waals surface area contributed by atoms with Gasteiger partial charge in [-0.25, -0.2) is 4.39 Å². The van der Waals surface area contributed by atoms with Crippen LogP contribution in [0.1, 0.15) is 18.1 Å². The lowest BCUT2D eigenvalue weighted by atomic mass is 10.2.